The number of amides is 2. The number of carbonyl (C=O) groups is 3. The van der Waals surface area contributed by atoms with Crippen molar-refractivity contribution in [1.82, 2.24) is 4.90 Å². The van der Waals surface area contributed by atoms with E-state index in [1.165, 1.54) is 19.2 Å². The molecule has 2 aromatic rings. The molecule has 0 aliphatic rings. The lowest BCUT2D eigenvalue weighted by molar-refractivity contribution is -0.385. The third kappa shape index (κ3) is 6.66. The summed E-state index contributed by atoms with van der Waals surface area (Å²) in [6.45, 7) is -1.35. The van der Waals surface area contributed by atoms with Crippen molar-refractivity contribution in [2.45, 2.75) is 6.18 Å². The van der Waals surface area contributed by atoms with Crippen molar-refractivity contribution in [3.8, 4) is 5.75 Å². The minimum absolute atomic E-state index is 0.0541. The van der Waals surface area contributed by atoms with Crippen molar-refractivity contribution >= 4 is 29.2 Å². The first-order valence-corrected chi connectivity index (χ1v) is 9.13. The van der Waals surface area contributed by atoms with E-state index in [4.69, 9.17) is 4.74 Å². The molecule has 0 saturated carbocycles. The maximum atomic E-state index is 13.0. The summed E-state index contributed by atoms with van der Waals surface area (Å²) in [6.07, 6.45) is -4.69. The fourth-order valence-corrected chi connectivity index (χ4v) is 2.61. The van der Waals surface area contributed by atoms with Gasteiger partial charge in [0.1, 0.15) is 0 Å². The minimum Gasteiger partial charge on any atom is -0.477 e. The van der Waals surface area contributed by atoms with Crippen LogP contribution in [0.15, 0.2) is 42.5 Å². The molecule has 0 aliphatic heterocycles. The van der Waals surface area contributed by atoms with Crippen LogP contribution in [0.1, 0.15) is 15.9 Å². The van der Waals surface area contributed by atoms with Crippen LogP contribution in [0.25, 0.3) is 0 Å². The molecule has 0 atom stereocenters. The molecule has 13 heteroatoms. The van der Waals surface area contributed by atoms with Crippen molar-refractivity contribution in [3.63, 3.8) is 0 Å². The number of para-hydroxylation sites is 1. The highest BCUT2D eigenvalue weighted by Crippen LogP contribution is 2.34. The van der Waals surface area contributed by atoms with Crippen LogP contribution in [-0.4, -0.2) is 54.9 Å². The number of rotatable bonds is 8. The number of nitrogens with zero attached hydrogens (tertiary/aromatic N) is 2. The third-order valence-corrected chi connectivity index (χ3v) is 4.24. The first-order valence-electron chi connectivity index (χ1n) is 9.13. The molecule has 0 bridgehead atoms. The standard InChI is InChI=1S/C20H18F3N3O7/c1-25(10-17(27)24-14-6-4-3-5-13(14)20(21,22)23)18(28)11-33-16-9-12(19(29)32-2)7-8-15(16)26(30)31/h3-9H,10-11H2,1-2H3,(H,24,27). The van der Waals surface area contributed by atoms with Gasteiger partial charge in [-0.05, 0) is 18.2 Å². The molecule has 0 spiro atoms. The number of methoxy groups -OCH3 is 1. The van der Waals surface area contributed by atoms with Crippen molar-refractivity contribution in [2.75, 3.05) is 32.6 Å². The van der Waals surface area contributed by atoms with Gasteiger partial charge < -0.3 is 19.7 Å². The summed E-state index contributed by atoms with van der Waals surface area (Å²) in [7, 11) is 2.31. The van der Waals surface area contributed by atoms with Crippen LogP contribution >= 0.6 is 0 Å². The van der Waals surface area contributed by atoms with Crippen LogP contribution in [0, 0.1) is 10.1 Å². The maximum absolute atomic E-state index is 13.0. The molecule has 0 saturated heterocycles. The van der Waals surface area contributed by atoms with Gasteiger partial charge in [0.2, 0.25) is 5.91 Å². The largest absolute Gasteiger partial charge is 0.477 e. The Morgan fingerprint density at radius 1 is 1.15 bits per heavy atom. The minimum atomic E-state index is -4.69. The normalized spacial score (nSPS) is 10.8. The summed E-state index contributed by atoms with van der Waals surface area (Å²) in [5.41, 5.74) is -2.09. The van der Waals surface area contributed by atoms with E-state index >= 15 is 0 Å². The van der Waals surface area contributed by atoms with Crippen molar-refractivity contribution in [3.05, 3.63) is 63.7 Å². The molecule has 0 radical (unpaired) electrons. The van der Waals surface area contributed by atoms with Gasteiger partial charge in [-0.15, -0.1) is 0 Å². The SMILES string of the molecule is COC(=O)c1ccc([N+](=O)[O-])c(OCC(=O)N(C)CC(=O)Nc2ccccc2C(F)(F)F)c1. The average molecular weight is 469 g/mol. The van der Waals surface area contributed by atoms with Gasteiger partial charge in [-0.3, -0.25) is 19.7 Å². The quantitative estimate of drug-likeness (QED) is 0.358. The number of benzene rings is 2. The molecule has 10 nitrogen and oxygen atoms in total. The number of halogens is 3. The summed E-state index contributed by atoms with van der Waals surface area (Å²) < 4.78 is 48.8. The first kappa shape index (κ1) is 25.1. The second-order valence-corrected chi connectivity index (χ2v) is 6.56. The Balaban J connectivity index is 2.04. The molecule has 2 amide bonds. The second-order valence-electron chi connectivity index (χ2n) is 6.56. The Hall–Kier alpha value is -4.16. The van der Waals surface area contributed by atoms with Gasteiger partial charge in [-0.25, -0.2) is 4.79 Å². The van der Waals surface area contributed by atoms with E-state index in [1.807, 2.05) is 0 Å². The second kappa shape index (κ2) is 10.4. The van der Waals surface area contributed by atoms with E-state index in [1.54, 1.807) is 0 Å². The summed E-state index contributed by atoms with van der Waals surface area (Å²) in [4.78, 5) is 47.2. The van der Waals surface area contributed by atoms with E-state index in [2.05, 4.69) is 10.1 Å². The van der Waals surface area contributed by atoms with Gasteiger partial charge in [-0.2, -0.15) is 13.2 Å². The highest BCUT2D eigenvalue weighted by Gasteiger charge is 2.33. The van der Waals surface area contributed by atoms with Crippen LogP contribution in [-0.2, 0) is 20.5 Å². The molecule has 2 rings (SSSR count). The number of esters is 1. The van der Waals surface area contributed by atoms with Crippen LogP contribution in [0.4, 0.5) is 24.5 Å². The van der Waals surface area contributed by atoms with E-state index in [0.717, 1.165) is 42.3 Å². The number of nitrogens with one attached hydrogen (secondary N) is 1. The zero-order chi connectivity index (χ0) is 24.8. The number of hydrogen-bond donors (Lipinski definition) is 1. The fraction of sp³-hybridized carbons (Fsp3) is 0.250. The lowest BCUT2D eigenvalue weighted by Crippen LogP contribution is -2.37. The molecule has 1 N–H and O–H groups in total. The summed E-state index contributed by atoms with van der Waals surface area (Å²) in [5, 5.41) is 13.2. The molecule has 2 aromatic carbocycles. The van der Waals surface area contributed by atoms with Crippen LogP contribution in [0.2, 0.25) is 0 Å². The smallest absolute Gasteiger partial charge is 0.418 e. The summed E-state index contributed by atoms with van der Waals surface area (Å²) in [5.74, 6) is -2.87. The van der Waals surface area contributed by atoms with E-state index in [9.17, 15) is 37.7 Å². The maximum Gasteiger partial charge on any atom is 0.418 e. The monoisotopic (exact) mass is 469 g/mol. The van der Waals surface area contributed by atoms with Gasteiger partial charge in [0.25, 0.3) is 5.91 Å². The predicted octanol–water partition coefficient (Wildman–Crippen LogP) is 2.88. The molecule has 0 unspecified atom stereocenters. The van der Waals surface area contributed by atoms with Gasteiger partial charge in [0.05, 0.1) is 35.4 Å². The number of carbonyl (C=O) groups excluding carboxylic acids is 3. The summed E-state index contributed by atoms with van der Waals surface area (Å²) in [6, 6.07) is 7.52. The first-order chi connectivity index (χ1) is 15.4. The van der Waals surface area contributed by atoms with Gasteiger partial charge >= 0.3 is 17.8 Å². The number of hydrogen-bond acceptors (Lipinski definition) is 7. The van der Waals surface area contributed by atoms with E-state index in [0.29, 0.717) is 0 Å². The number of likely N-dealkylation sites (N-methyl/N-ethyl adjacent to an activating group) is 1. The topological polar surface area (TPSA) is 128 Å². The third-order valence-electron chi connectivity index (χ3n) is 4.24. The highest BCUT2D eigenvalue weighted by molar-refractivity contribution is 5.95. The molecule has 176 valence electrons. The Kier molecular flexibility index (Phi) is 7.94. The van der Waals surface area contributed by atoms with Crippen LogP contribution < -0.4 is 10.1 Å². The van der Waals surface area contributed by atoms with Crippen molar-refractivity contribution in [2.24, 2.45) is 0 Å². The zero-order valence-corrected chi connectivity index (χ0v) is 17.3. The molecule has 0 aromatic heterocycles. The highest BCUT2D eigenvalue weighted by atomic mass is 19.4. The number of nitro benzene ring substituents is 1. The van der Waals surface area contributed by atoms with Crippen molar-refractivity contribution < 1.29 is 42.0 Å². The van der Waals surface area contributed by atoms with Crippen LogP contribution in [0.5, 0.6) is 5.75 Å². The van der Waals surface area contributed by atoms with Crippen molar-refractivity contribution in [1.29, 1.82) is 0 Å². The fourth-order valence-electron chi connectivity index (χ4n) is 2.61. The lowest BCUT2D eigenvalue weighted by atomic mass is 10.1. The molecule has 0 heterocycles. The lowest BCUT2D eigenvalue weighted by Gasteiger charge is -2.18. The van der Waals surface area contributed by atoms with Crippen LogP contribution in [0.3, 0.4) is 0 Å². The molecular weight excluding hydrogens is 451 g/mol. The van der Waals surface area contributed by atoms with Gasteiger partial charge in [-0.1, -0.05) is 12.1 Å². The Morgan fingerprint density at radius 3 is 2.42 bits per heavy atom. The molecule has 0 fully saturated rings. The predicted molar refractivity (Wildman–Crippen MR) is 108 cm³/mol. The Morgan fingerprint density at radius 2 is 1.82 bits per heavy atom. The van der Waals surface area contributed by atoms with Gasteiger partial charge in [0.15, 0.2) is 12.4 Å². The average Bonchev–Trinajstić information content (AvgIpc) is 2.75. The zero-order valence-electron chi connectivity index (χ0n) is 17.3. The Bertz CT molecular complexity index is 1070. The number of anilines is 1. The number of nitro groups is 1. The molecule has 33 heavy (non-hydrogen) atoms. The van der Waals surface area contributed by atoms with Gasteiger partial charge in [0, 0.05) is 19.2 Å². The summed E-state index contributed by atoms with van der Waals surface area (Å²) >= 11 is 0. The van der Waals surface area contributed by atoms with E-state index in [-0.39, 0.29) is 11.3 Å². The van der Waals surface area contributed by atoms with E-state index < -0.39 is 59.0 Å². The molecule has 0 aliphatic carbocycles. The number of alkyl halides is 3. The Labute approximate surface area is 185 Å². The molecular formula is C20H18F3N3O7. The number of ether oxygens (including phenoxy) is 2.